The average Bonchev–Trinajstić information content (AvgIpc) is 3.09. The van der Waals surface area contributed by atoms with E-state index >= 15 is 0 Å². The molecule has 1 amide bonds. The van der Waals surface area contributed by atoms with Gasteiger partial charge in [0.15, 0.2) is 23.5 Å². The van der Waals surface area contributed by atoms with Gasteiger partial charge in [0, 0.05) is 12.1 Å². The Morgan fingerprint density at radius 1 is 1.12 bits per heavy atom. The molecule has 0 spiro atoms. The Morgan fingerprint density at radius 2 is 1.96 bits per heavy atom. The van der Waals surface area contributed by atoms with Crippen molar-refractivity contribution < 1.29 is 18.7 Å². The van der Waals surface area contributed by atoms with E-state index in [1.807, 2.05) is 18.2 Å². The van der Waals surface area contributed by atoms with E-state index in [1.165, 1.54) is 6.39 Å². The number of rotatable bonds is 6. The minimum atomic E-state index is -0.139. The second-order valence-electron chi connectivity index (χ2n) is 5.23. The second-order valence-corrected chi connectivity index (χ2v) is 5.23. The van der Waals surface area contributed by atoms with E-state index in [2.05, 4.69) is 10.3 Å². The van der Waals surface area contributed by atoms with Crippen molar-refractivity contribution in [1.29, 1.82) is 0 Å². The monoisotopic (exact) mass is 326 g/mol. The van der Waals surface area contributed by atoms with Crippen LogP contribution in [0.15, 0.2) is 47.2 Å². The predicted molar refractivity (Wildman–Crippen MR) is 89.6 cm³/mol. The van der Waals surface area contributed by atoms with Crippen LogP contribution >= 0.6 is 0 Å². The van der Waals surface area contributed by atoms with Crippen molar-refractivity contribution in [2.24, 2.45) is 0 Å². The van der Waals surface area contributed by atoms with Gasteiger partial charge in [-0.25, -0.2) is 4.98 Å². The molecular formula is C18H18N2O4. The summed E-state index contributed by atoms with van der Waals surface area (Å²) < 4.78 is 15.7. The second kappa shape index (κ2) is 7.04. The lowest BCUT2D eigenvalue weighted by Gasteiger charge is -2.10. The largest absolute Gasteiger partial charge is 0.493 e. The van der Waals surface area contributed by atoms with E-state index < -0.39 is 0 Å². The highest BCUT2D eigenvalue weighted by Gasteiger charge is 2.09. The normalized spacial score (nSPS) is 10.6. The van der Waals surface area contributed by atoms with Crippen molar-refractivity contribution >= 4 is 17.0 Å². The maximum atomic E-state index is 12.2. The summed E-state index contributed by atoms with van der Waals surface area (Å²) in [6.07, 6.45) is 2.06. The fourth-order valence-corrected chi connectivity index (χ4v) is 2.46. The van der Waals surface area contributed by atoms with Crippen molar-refractivity contribution in [2.75, 3.05) is 20.8 Å². The Balaban J connectivity index is 1.60. The van der Waals surface area contributed by atoms with Gasteiger partial charge in [0.05, 0.1) is 14.2 Å². The molecule has 0 fully saturated rings. The molecule has 1 N–H and O–H groups in total. The van der Waals surface area contributed by atoms with Crippen LogP contribution in [0.5, 0.6) is 11.5 Å². The van der Waals surface area contributed by atoms with Crippen molar-refractivity contribution in [2.45, 2.75) is 6.42 Å². The van der Waals surface area contributed by atoms with Gasteiger partial charge < -0.3 is 19.2 Å². The molecule has 24 heavy (non-hydrogen) atoms. The van der Waals surface area contributed by atoms with Gasteiger partial charge in [-0.15, -0.1) is 0 Å². The summed E-state index contributed by atoms with van der Waals surface area (Å²) in [6, 6.07) is 10.9. The molecule has 1 aromatic heterocycles. The Kier molecular flexibility index (Phi) is 4.65. The number of oxazole rings is 1. The van der Waals surface area contributed by atoms with E-state index in [0.29, 0.717) is 41.1 Å². The van der Waals surface area contributed by atoms with Crippen LogP contribution in [0.3, 0.4) is 0 Å². The Labute approximate surface area is 139 Å². The number of fused-ring (bicyclic) bond motifs is 1. The number of carbonyl (C=O) groups is 1. The Morgan fingerprint density at radius 3 is 2.75 bits per heavy atom. The third-order valence-electron chi connectivity index (χ3n) is 3.74. The first-order valence-corrected chi connectivity index (χ1v) is 7.53. The lowest BCUT2D eigenvalue weighted by atomic mass is 10.1. The van der Waals surface area contributed by atoms with Crippen molar-refractivity contribution in [3.63, 3.8) is 0 Å². The topological polar surface area (TPSA) is 73.6 Å². The molecule has 1 heterocycles. The molecule has 0 atom stereocenters. The summed E-state index contributed by atoms with van der Waals surface area (Å²) in [5, 5.41) is 2.90. The molecule has 3 aromatic rings. The zero-order valence-electron chi connectivity index (χ0n) is 13.5. The van der Waals surface area contributed by atoms with E-state index in [-0.39, 0.29) is 5.91 Å². The van der Waals surface area contributed by atoms with E-state index in [0.717, 1.165) is 5.56 Å². The molecule has 6 nitrogen and oxygen atoms in total. The smallest absolute Gasteiger partial charge is 0.251 e. The summed E-state index contributed by atoms with van der Waals surface area (Å²) in [5.41, 5.74) is 2.95. The molecule has 6 heteroatoms. The van der Waals surface area contributed by atoms with Crippen LogP contribution in [0.1, 0.15) is 15.9 Å². The molecule has 0 aliphatic heterocycles. The van der Waals surface area contributed by atoms with Crippen molar-refractivity contribution in [3.8, 4) is 11.5 Å². The number of hydrogen-bond acceptors (Lipinski definition) is 5. The first-order chi connectivity index (χ1) is 11.7. The predicted octanol–water partition coefficient (Wildman–Crippen LogP) is 2.82. The SMILES string of the molecule is COc1ccc(CCNC(=O)c2ccc3ocnc3c2)cc1OC. The molecule has 124 valence electrons. The zero-order chi connectivity index (χ0) is 16.9. The number of nitrogens with zero attached hydrogens (tertiary/aromatic N) is 1. The number of benzene rings is 2. The summed E-state index contributed by atoms with van der Waals surface area (Å²) >= 11 is 0. The molecule has 0 unspecified atom stereocenters. The summed E-state index contributed by atoms with van der Waals surface area (Å²) in [4.78, 5) is 16.3. The van der Waals surface area contributed by atoms with Gasteiger partial charge in [0.1, 0.15) is 5.52 Å². The summed E-state index contributed by atoms with van der Waals surface area (Å²) in [7, 11) is 3.20. The van der Waals surface area contributed by atoms with Crippen LogP contribution in [-0.4, -0.2) is 31.7 Å². The fourth-order valence-electron chi connectivity index (χ4n) is 2.46. The number of nitrogens with one attached hydrogen (secondary N) is 1. The van der Waals surface area contributed by atoms with E-state index in [1.54, 1.807) is 32.4 Å². The molecular weight excluding hydrogens is 308 g/mol. The molecule has 0 saturated heterocycles. The first kappa shape index (κ1) is 15.9. The van der Waals surface area contributed by atoms with Gasteiger partial charge in [-0.05, 0) is 42.3 Å². The van der Waals surface area contributed by atoms with Crippen LogP contribution in [0, 0.1) is 0 Å². The van der Waals surface area contributed by atoms with Crippen LogP contribution in [0.2, 0.25) is 0 Å². The zero-order valence-corrected chi connectivity index (χ0v) is 13.5. The van der Waals surface area contributed by atoms with E-state index in [9.17, 15) is 4.79 Å². The lowest BCUT2D eigenvalue weighted by molar-refractivity contribution is 0.0954. The van der Waals surface area contributed by atoms with Crippen LogP contribution in [0.25, 0.3) is 11.1 Å². The molecule has 0 saturated carbocycles. The summed E-state index contributed by atoms with van der Waals surface area (Å²) in [6.45, 7) is 0.519. The number of amides is 1. The molecule has 0 aliphatic rings. The first-order valence-electron chi connectivity index (χ1n) is 7.53. The quantitative estimate of drug-likeness (QED) is 0.754. The van der Waals surface area contributed by atoms with Crippen LogP contribution in [-0.2, 0) is 6.42 Å². The Bertz CT molecular complexity index is 857. The average molecular weight is 326 g/mol. The number of methoxy groups -OCH3 is 2. The highest BCUT2D eigenvalue weighted by molar-refractivity contribution is 5.97. The van der Waals surface area contributed by atoms with Gasteiger partial charge in [0.25, 0.3) is 5.91 Å². The molecule has 0 bridgehead atoms. The van der Waals surface area contributed by atoms with Crippen molar-refractivity contribution in [3.05, 3.63) is 53.9 Å². The molecule has 0 aliphatic carbocycles. The van der Waals surface area contributed by atoms with Gasteiger partial charge in [-0.1, -0.05) is 6.07 Å². The minimum Gasteiger partial charge on any atom is -0.493 e. The molecule has 0 radical (unpaired) electrons. The maximum absolute atomic E-state index is 12.2. The van der Waals surface area contributed by atoms with Gasteiger partial charge >= 0.3 is 0 Å². The lowest BCUT2D eigenvalue weighted by Crippen LogP contribution is -2.25. The van der Waals surface area contributed by atoms with E-state index in [4.69, 9.17) is 13.9 Å². The van der Waals surface area contributed by atoms with Crippen LogP contribution < -0.4 is 14.8 Å². The van der Waals surface area contributed by atoms with Crippen LogP contribution in [0.4, 0.5) is 0 Å². The highest BCUT2D eigenvalue weighted by atomic mass is 16.5. The third kappa shape index (κ3) is 3.32. The van der Waals surface area contributed by atoms with Crippen molar-refractivity contribution in [1.82, 2.24) is 10.3 Å². The standard InChI is InChI=1S/C18H18N2O4/c1-22-16-5-3-12(9-17(16)23-2)7-8-19-18(21)13-4-6-15-14(10-13)20-11-24-15/h3-6,9-11H,7-8H2,1-2H3,(H,19,21). The fraction of sp³-hybridized carbons (Fsp3) is 0.222. The number of aromatic nitrogens is 1. The molecule has 2 aromatic carbocycles. The number of hydrogen-bond donors (Lipinski definition) is 1. The van der Waals surface area contributed by atoms with Gasteiger partial charge in [-0.2, -0.15) is 0 Å². The third-order valence-corrected chi connectivity index (χ3v) is 3.74. The number of carbonyl (C=O) groups excluding carboxylic acids is 1. The number of ether oxygens (including phenoxy) is 2. The minimum absolute atomic E-state index is 0.139. The van der Waals surface area contributed by atoms with Gasteiger partial charge in [-0.3, -0.25) is 4.79 Å². The Hall–Kier alpha value is -3.02. The summed E-state index contributed by atoms with van der Waals surface area (Å²) in [5.74, 6) is 1.23. The highest BCUT2D eigenvalue weighted by Crippen LogP contribution is 2.27. The molecule has 3 rings (SSSR count). The maximum Gasteiger partial charge on any atom is 0.251 e. The van der Waals surface area contributed by atoms with Gasteiger partial charge in [0.2, 0.25) is 0 Å².